The molecule has 1 fully saturated rings. The largest absolute Gasteiger partial charge is 0.504 e. The Morgan fingerprint density at radius 2 is 2.25 bits per heavy atom. The van der Waals surface area contributed by atoms with Crippen LogP contribution in [0.4, 0.5) is 0 Å². The lowest BCUT2D eigenvalue weighted by atomic mass is 10.1. The monoisotopic (exact) mass is 223 g/mol. The third-order valence-corrected chi connectivity index (χ3v) is 2.82. The maximum atomic E-state index is 10.0. The highest BCUT2D eigenvalue weighted by Gasteiger charge is 2.26. The van der Waals surface area contributed by atoms with Crippen molar-refractivity contribution < 1.29 is 19.3 Å². The van der Waals surface area contributed by atoms with E-state index in [2.05, 4.69) is 5.32 Å². The zero-order valence-electron chi connectivity index (χ0n) is 8.73. The Morgan fingerprint density at radius 3 is 3.06 bits per heavy atom. The molecule has 0 bridgehead atoms. The maximum Gasteiger partial charge on any atom is 0.231 e. The summed E-state index contributed by atoms with van der Waals surface area (Å²) in [5.74, 6) is 1.14. The van der Waals surface area contributed by atoms with Crippen LogP contribution in [-0.2, 0) is 4.74 Å². The van der Waals surface area contributed by atoms with Crippen molar-refractivity contribution >= 4 is 0 Å². The average molecular weight is 223 g/mol. The minimum Gasteiger partial charge on any atom is -0.504 e. The van der Waals surface area contributed by atoms with E-state index >= 15 is 0 Å². The first-order valence-electron chi connectivity index (χ1n) is 5.30. The Hall–Kier alpha value is -1.46. The Morgan fingerprint density at radius 1 is 1.31 bits per heavy atom. The second kappa shape index (κ2) is 3.84. The summed E-state index contributed by atoms with van der Waals surface area (Å²) in [4.78, 5) is 0. The number of rotatable bonds is 1. The van der Waals surface area contributed by atoms with Gasteiger partial charge < -0.3 is 24.6 Å². The van der Waals surface area contributed by atoms with Crippen LogP contribution in [0.5, 0.6) is 17.2 Å². The summed E-state index contributed by atoms with van der Waals surface area (Å²) in [7, 11) is 0. The SMILES string of the molecule is Oc1c(C2CNCCO2)ccc2c1OCO2. The van der Waals surface area contributed by atoms with Gasteiger partial charge in [-0.3, -0.25) is 0 Å². The predicted molar refractivity (Wildman–Crippen MR) is 55.8 cm³/mol. The number of phenolic OH excluding ortho intramolecular Hbond substituents is 1. The minimum atomic E-state index is -0.122. The standard InChI is InChI=1S/C11H13NO4/c13-10-7(9-5-12-3-4-14-9)1-2-8-11(10)16-6-15-8/h1-2,9,12-13H,3-6H2. The minimum absolute atomic E-state index is 0.122. The quantitative estimate of drug-likeness (QED) is 0.736. The summed E-state index contributed by atoms with van der Waals surface area (Å²) in [5.41, 5.74) is 0.747. The van der Waals surface area contributed by atoms with Crippen molar-refractivity contribution in [1.29, 1.82) is 0 Å². The highest BCUT2D eigenvalue weighted by atomic mass is 16.7. The molecule has 0 aliphatic carbocycles. The zero-order chi connectivity index (χ0) is 11.0. The van der Waals surface area contributed by atoms with Crippen LogP contribution >= 0.6 is 0 Å². The molecule has 1 unspecified atom stereocenters. The Labute approximate surface area is 92.9 Å². The van der Waals surface area contributed by atoms with E-state index in [4.69, 9.17) is 14.2 Å². The van der Waals surface area contributed by atoms with Crippen LogP contribution in [0.2, 0.25) is 0 Å². The Balaban J connectivity index is 1.95. The van der Waals surface area contributed by atoms with Crippen LogP contribution in [0, 0.1) is 0 Å². The van der Waals surface area contributed by atoms with Gasteiger partial charge in [-0.25, -0.2) is 0 Å². The van der Waals surface area contributed by atoms with Gasteiger partial charge in [0.25, 0.3) is 0 Å². The summed E-state index contributed by atoms with van der Waals surface area (Å²) in [5, 5.41) is 13.3. The summed E-state index contributed by atoms with van der Waals surface area (Å²) >= 11 is 0. The molecule has 2 aliphatic rings. The van der Waals surface area contributed by atoms with E-state index in [0.717, 1.165) is 12.1 Å². The number of ether oxygens (including phenoxy) is 3. The van der Waals surface area contributed by atoms with E-state index in [0.29, 0.717) is 24.7 Å². The Bertz CT molecular complexity index is 401. The molecule has 3 rings (SSSR count). The van der Waals surface area contributed by atoms with Gasteiger partial charge in [-0.15, -0.1) is 0 Å². The van der Waals surface area contributed by atoms with Gasteiger partial charge in [-0.2, -0.15) is 0 Å². The molecular weight excluding hydrogens is 210 g/mol. The zero-order valence-corrected chi connectivity index (χ0v) is 8.73. The van der Waals surface area contributed by atoms with Gasteiger partial charge in [0.2, 0.25) is 12.5 Å². The normalized spacial score (nSPS) is 23.4. The second-order valence-corrected chi connectivity index (χ2v) is 3.80. The number of benzene rings is 1. The lowest BCUT2D eigenvalue weighted by Crippen LogP contribution is -2.33. The van der Waals surface area contributed by atoms with Gasteiger partial charge in [-0.05, 0) is 12.1 Å². The number of phenols is 1. The van der Waals surface area contributed by atoms with E-state index in [1.807, 2.05) is 6.07 Å². The molecule has 1 saturated heterocycles. The summed E-state index contributed by atoms with van der Waals surface area (Å²) in [6.07, 6.45) is -0.122. The molecule has 5 nitrogen and oxygen atoms in total. The first-order chi connectivity index (χ1) is 7.86. The van der Waals surface area contributed by atoms with Crippen molar-refractivity contribution in [2.45, 2.75) is 6.10 Å². The second-order valence-electron chi connectivity index (χ2n) is 3.80. The summed E-state index contributed by atoms with van der Waals surface area (Å²) < 4.78 is 16.0. The number of nitrogens with one attached hydrogen (secondary N) is 1. The van der Waals surface area contributed by atoms with Gasteiger partial charge in [0.1, 0.15) is 0 Å². The van der Waals surface area contributed by atoms with Crippen LogP contribution in [-0.4, -0.2) is 31.6 Å². The number of fused-ring (bicyclic) bond motifs is 1. The summed E-state index contributed by atoms with van der Waals surface area (Å²) in [6.45, 7) is 2.36. The molecule has 0 spiro atoms. The molecular formula is C11H13NO4. The van der Waals surface area contributed by atoms with Crippen LogP contribution in [0.15, 0.2) is 12.1 Å². The lowest BCUT2D eigenvalue weighted by Gasteiger charge is -2.24. The molecule has 0 radical (unpaired) electrons. The van der Waals surface area contributed by atoms with Gasteiger partial charge in [0, 0.05) is 18.7 Å². The van der Waals surface area contributed by atoms with E-state index in [1.165, 1.54) is 0 Å². The average Bonchev–Trinajstić information content (AvgIpc) is 2.80. The molecule has 0 aromatic heterocycles. The molecule has 2 heterocycles. The van der Waals surface area contributed by atoms with E-state index in [-0.39, 0.29) is 18.6 Å². The van der Waals surface area contributed by atoms with Crippen molar-refractivity contribution in [3.8, 4) is 17.2 Å². The molecule has 1 aromatic carbocycles. The van der Waals surface area contributed by atoms with E-state index in [9.17, 15) is 5.11 Å². The molecule has 86 valence electrons. The molecule has 16 heavy (non-hydrogen) atoms. The molecule has 1 aromatic rings. The van der Waals surface area contributed by atoms with Crippen molar-refractivity contribution in [2.75, 3.05) is 26.5 Å². The number of morpholine rings is 1. The van der Waals surface area contributed by atoms with Crippen LogP contribution in [0.3, 0.4) is 0 Å². The van der Waals surface area contributed by atoms with Crippen molar-refractivity contribution in [3.05, 3.63) is 17.7 Å². The van der Waals surface area contributed by atoms with Crippen LogP contribution < -0.4 is 14.8 Å². The fourth-order valence-corrected chi connectivity index (χ4v) is 2.00. The highest BCUT2D eigenvalue weighted by Crippen LogP contribution is 2.44. The molecule has 5 heteroatoms. The summed E-state index contributed by atoms with van der Waals surface area (Å²) in [6, 6.07) is 3.62. The van der Waals surface area contributed by atoms with Crippen LogP contribution in [0.25, 0.3) is 0 Å². The lowest BCUT2D eigenvalue weighted by molar-refractivity contribution is 0.0261. The van der Waals surface area contributed by atoms with Gasteiger partial charge >= 0.3 is 0 Å². The first-order valence-corrected chi connectivity index (χ1v) is 5.30. The topological polar surface area (TPSA) is 60.0 Å². The number of aromatic hydroxyl groups is 1. The number of hydrogen-bond acceptors (Lipinski definition) is 5. The fraction of sp³-hybridized carbons (Fsp3) is 0.455. The third kappa shape index (κ3) is 1.48. The molecule has 2 N–H and O–H groups in total. The van der Waals surface area contributed by atoms with Gasteiger partial charge in [0.05, 0.1) is 12.7 Å². The van der Waals surface area contributed by atoms with Crippen molar-refractivity contribution in [1.82, 2.24) is 5.32 Å². The fourth-order valence-electron chi connectivity index (χ4n) is 2.00. The predicted octanol–water partition coefficient (Wildman–Crippen LogP) is 0.782. The molecule has 2 aliphatic heterocycles. The molecule has 0 amide bonds. The first kappa shape index (κ1) is 9.74. The van der Waals surface area contributed by atoms with Crippen LogP contribution in [0.1, 0.15) is 11.7 Å². The third-order valence-electron chi connectivity index (χ3n) is 2.82. The van der Waals surface area contributed by atoms with E-state index < -0.39 is 0 Å². The van der Waals surface area contributed by atoms with Gasteiger partial charge in [-0.1, -0.05) is 0 Å². The van der Waals surface area contributed by atoms with Crippen molar-refractivity contribution in [3.63, 3.8) is 0 Å². The van der Waals surface area contributed by atoms with Gasteiger partial charge in [0.15, 0.2) is 11.5 Å². The molecule has 0 saturated carbocycles. The smallest absolute Gasteiger partial charge is 0.231 e. The number of hydrogen-bond donors (Lipinski definition) is 2. The van der Waals surface area contributed by atoms with E-state index in [1.54, 1.807) is 6.07 Å². The Kier molecular flexibility index (Phi) is 2.34. The highest BCUT2D eigenvalue weighted by molar-refractivity contribution is 5.56. The van der Waals surface area contributed by atoms with Crippen molar-refractivity contribution in [2.24, 2.45) is 0 Å². The maximum absolute atomic E-state index is 10.0. The molecule has 1 atom stereocenters.